The van der Waals surface area contributed by atoms with E-state index in [0.717, 1.165) is 35.0 Å². The molecule has 0 bridgehead atoms. The minimum absolute atomic E-state index is 0.0961. The van der Waals surface area contributed by atoms with Gasteiger partial charge >= 0.3 is 0 Å². The standard InChI is InChI=1S/C19H27IO3/c1-3-17(21)15(18(22)4-2)11-7-5-6-10-14-23-19-13-9-8-12-16(19)20/h8-9,12-13,15H,3-7,10-11,14H2,1-2H3. The molecular formula is C19H27IO3. The Bertz CT molecular complexity index is 483. The van der Waals surface area contributed by atoms with Crippen LogP contribution in [0.25, 0.3) is 0 Å². The maximum atomic E-state index is 11.8. The van der Waals surface area contributed by atoms with Crippen LogP contribution in [0.15, 0.2) is 24.3 Å². The van der Waals surface area contributed by atoms with Gasteiger partial charge in [0.25, 0.3) is 0 Å². The van der Waals surface area contributed by atoms with E-state index in [1.807, 2.05) is 38.1 Å². The van der Waals surface area contributed by atoms with Crippen LogP contribution < -0.4 is 4.74 Å². The molecule has 128 valence electrons. The number of benzene rings is 1. The van der Waals surface area contributed by atoms with Crippen LogP contribution in [0.2, 0.25) is 0 Å². The summed E-state index contributed by atoms with van der Waals surface area (Å²) < 4.78 is 6.89. The number of hydrogen-bond donors (Lipinski definition) is 0. The quantitative estimate of drug-likeness (QED) is 0.260. The molecule has 3 nitrogen and oxygen atoms in total. The lowest BCUT2D eigenvalue weighted by molar-refractivity contribution is -0.132. The highest BCUT2D eigenvalue weighted by Gasteiger charge is 2.22. The Labute approximate surface area is 153 Å². The van der Waals surface area contributed by atoms with Crippen LogP contribution in [0.5, 0.6) is 5.75 Å². The molecule has 0 unspecified atom stereocenters. The second-order valence-corrected chi connectivity index (χ2v) is 6.84. The molecule has 0 amide bonds. The average molecular weight is 430 g/mol. The zero-order valence-corrected chi connectivity index (χ0v) is 16.3. The van der Waals surface area contributed by atoms with Crippen molar-refractivity contribution in [1.82, 2.24) is 0 Å². The van der Waals surface area contributed by atoms with Gasteiger partial charge in [0, 0.05) is 12.8 Å². The molecule has 0 N–H and O–H groups in total. The van der Waals surface area contributed by atoms with Crippen molar-refractivity contribution in [3.05, 3.63) is 27.8 Å². The van der Waals surface area contributed by atoms with Crippen LogP contribution in [0.3, 0.4) is 0 Å². The predicted molar refractivity (Wildman–Crippen MR) is 102 cm³/mol. The smallest absolute Gasteiger partial charge is 0.143 e. The Morgan fingerprint density at radius 1 is 1.00 bits per heavy atom. The molecule has 0 aliphatic heterocycles. The summed E-state index contributed by atoms with van der Waals surface area (Å²) in [6.45, 7) is 4.38. The molecule has 0 saturated heterocycles. The average Bonchev–Trinajstić information content (AvgIpc) is 2.57. The highest BCUT2D eigenvalue weighted by atomic mass is 127. The van der Waals surface area contributed by atoms with Gasteiger partial charge in [-0.15, -0.1) is 0 Å². The Kier molecular flexibility index (Phi) is 10.2. The van der Waals surface area contributed by atoms with Crippen LogP contribution in [0.1, 0.15) is 58.8 Å². The molecule has 1 rings (SSSR count). The van der Waals surface area contributed by atoms with Crippen molar-refractivity contribution in [1.29, 1.82) is 0 Å². The minimum atomic E-state index is -0.368. The van der Waals surface area contributed by atoms with Gasteiger partial charge < -0.3 is 4.74 Å². The highest BCUT2D eigenvalue weighted by Crippen LogP contribution is 2.20. The van der Waals surface area contributed by atoms with E-state index in [1.165, 1.54) is 0 Å². The fourth-order valence-electron chi connectivity index (χ4n) is 2.54. The first-order valence-electron chi connectivity index (χ1n) is 8.52. The second-order valence-electron chi connectivity index (χ2n) is 5.67. The van der Waals surface area contributed by atoms with Crippen molar-refractivity contribution in [2.24, 2.45) is 5.92 Å². The number of Topliss-reactive ketones (excluding diaryl/α,β-unsaturated/α-hetero) is 2. The number of rotatable bonds is 12. The van der Waals surface area contributed by atoms with Crippen molar-refractivity contribution in [2.45, 2.75) is 58.8 Å². The number of unbranched alkanes of at least 4 members (excludes halogenated alkanes) is 3. The van der Waals surface area contributed by atoms with E-state index in [1.54, 1.807) is 0 Å². The molecule has 23 heavy (non-hydrogen) atoms. The highest BCUT2D eigenvalue weighted by molar-refractivity contribution is 14.1. The maximum absolute atomic E-state index is 11.8. The molecule has 0 saturated carbocycles. The van der Waals surface area contributed by atoms with Crippen LogP contribution in [0, 0.1) is 9.49 Å². The van der Waals surface area contributed by atoms with E-state index in [9.17, 15) is 9.59 Å². The molecule has 1 aromatic rings. The molecular weight excluding hydrogens is 403 g/mol. The second kappa shape index (κ2) is 11.6. The van der Waals surface area contributed by atoms with Gasteiger partial charge in [0.2, 0.25) is 0 Å². The number of ketones is 2. The first kappa shape index (κ1) is 20.1. The third-order valence-corrected chi connectivity index (χ3v) is 4.85. The topological polar surface area (TPSA) is 43.4 Å². The van der Waals surface area contributed by atoms with E-state index in [-0.39, 0.29) is 17.5 Å². The number of hydrogen-bond acceptors (Lipinski definition) is 3. The van der Waals surface area contributed by atoms with E-state index in [4.69, 9.17) is 4.74 Å². The largest absolute Gasteiger partial charge is 0.492 e. The normalized spacial score (nSPS) is 10.8. The lowest BCUT2D eigenvalue weighted by Crippen LogP contribution is -2.22. The van der Waals surface area contributed by atoms with Crippen LogP contribution in [0.4, 0.5) is 0 Å². The van der Waals surface area contributed by atoms with Crippen molar-refractivity contribution in [2.75, 3.05) is 6.61 Å². The van der Waals surface area contributed by atoms with Gasteiger partial charge in [-0.2, -0.15) is 0 Å². The minimum Gasteiger partial charge on any atom is -0.492 e. The van der Waals surface area contributed by atoms with Crippen molar-refractivity contribution in [3.63, 3.8) is 0 Å². The molecule has 0 heterocycles. The maximum Gasteiger partial charge on any atom is 0.143 e. The molecule has 0 aliphatic carbocycles. The van der Waals surface area contributed by atoms with Gasteiger partial charge in [-0.05, 0) is 47.6 Å². The third kappa shape index (κ3) is 7.46. The fourth-order valence-corrected chi connectivity index (χ4v) is 3.09. The van der Waals surface area contributed by atoms with Crippen molar-refractivity contribution < 1.29 is 14.3 Å². The number of halogens is 1. The van der Waals surface area contributed by atoms with Gasteiger partial charge in [-0.1, -0.05) is 45.2 Å². The number of carbonyl (C=O) groups is 2. The Morgan fingerprint density at radius 2 is 1.61 bits per heavy atom. The van der Waals surface area contributed by atoms with Crippen LogP contribution in [-0.4, -0.2) is 18.2 Å². The molecule has 0 aliphatic rings. The molecule has 1 aromatic carbocycles. The summed E-state index contributed by atoms with van der Waals surface area (Å²) in [5.74, 6) is 0.764. The Hall–Kier alpha value is -0.910. The third-order valence-electron chi connectivity index (χ3n) is 3.96. The number of ether oxygens (including phenoxy) is 1. The summed E-state index contributed by atoms with van der Waals surface area (Å²) in [6, 6.07) is 8.00. The zero-order valence-electron chi connectivity index (χ0n) is 14.1. The molecule has 0 radical (unpaired) electrons. The van der Waals surface area contributed by atoms with Crippen LogP contribution in [-0.2, 0) is 9.59 Å². The molecule has 0 atom stereocenters. The van der Waals surface area contributed by atoms with Gasteiger partial charge in [-0.25, -0.2) is 0 Å². The number of para-hydroxylation sites is 1. The van der Waals surface area contributed by atoms with E-state index < -0.39 is 0 Å². The number of carbonyl (C=O) groups excluding carboxylic acids is 2. The lowest BCUT2D eigenvalue weighted by Gasteiger charge is -2.13. The van der Waals surface area contributed by atoms with Crippen molar-refractivity contribution >= 4 is 34.2 Å². The first-order valence-corrected chi connectivity index (χ1v) is 9.60. The lowest BCUT2D eigenvalue weighted by atomic mass is 9.90. The molecule has 0 aromatic heterocycles. The Morgan fingerprint density at radius 3 is 2.22 bits per heavy atom. The van der Waals surface area contributed by atoms with Gasteiger partial charge in [-0.3, -0.25) is 9.59 Å². The molecule has 0 fully saturated rings. The van der Waals surface area contributed by atoms with Gasteiger partial charge in [0.1, 0.15) is 17.3 Å². The monoisotopic (exact) mass is 430 g/mol. The Balaban J connectivity index is 2.18. The summed E-state index contributed by atoms with van der Waals surface area (Å²) in [6.07, 6.45) is 5.66. The summed E-state index contributed by atoms with van der Waals surface area (Å²) >= 11 is 2.27. The van der Waals surface area contributed by atoms with E-state index in [0.29, 0.717) is 25.9 Å². The summed E-state index contributed by atoms with van der Waals surface area (Å²) in [7, 11) is 0. The zero-order chi connectivity index (χ0) is 17.1. The van der Waals surface area contributed by atoms with Crippen molar-refractivity contribution in [3.8, 4) is 5.75 Å². The van der Waals surface area contributed by atoms with Gasteiger partial charge in [0.15, 0.2) is 0 Å². The predicted octanol–water partition coefficient (Wildman–Crippen LogP) is 5.19. The summed E-state index contributed by atoms with van der Waals surface area (Å²) in [5, 5.41) is 0. The molecule has 4 heteroatoms. The van der Waals surface area contributed by atoms with Gasteiger partial charge in [0.05, 0.1) is 16.1 Å². The fraction of sp³-hybridized carbons (Fsp3) is 0.579. The molecule has 0 spiro atoms. The SMILES string of the molecule is CCC(=O)C(CCCCCCOc1ccccc1I)C(=O)CC. The first-order chi connectivity index (χ1) is 11.1. The van der Waals surface area contributed by atoms with Crippen LogP contribution >= 0.6 is 22.6 Å². The summed E-state index contributed by atoms with van der Waals surface area (Å²) in [5.41, 5.74) is 0. The van der Waals surface area contributed by atoms with E-state index >= 15 is 0 Å². The summed E-state index contributed by atoms with van der Waals surface area (Å²) in [4.78, 5) is 23.7. The van der Waals surface area contributed by atoms with E-state index in [2.05, 4.69) is 22.6 Å².